The first-order valence-electron chi connectivity index (χ1n) is 5.64. The van der Waals surface area contributed by atoms with Crippen LogP contribution < -0.4 is 0 Å². The molecule has 0 atom stereocenters. The first-order chi connectivity index (χ1) is 8.58. The minimum absolute atomic E-state index is 0.211. The second-order valence-corrected chi connectivity index (χ2v) is 4.19. The third-order valence-electron chi connectivity index (χ3n) is 2.84. The maximum Gasteiger partial charge on any atom is 0.307 e. The van der Waals surface area contributed by atoms with Crippen molar-refractivity contribution in [2.24, 2.45) is 0 Å². The molecule has 0 heterocycles. The molecule has 3 heteroatoms. The standard InChI is InChI=1S/C15H13FO2/c1-10-4-2-3-5-13(10)11-6-7-14(16)12(8-11)9-15(17)18/h2-8H,9H2,1H3,(H,17,18). The quantitative estimate of drug-likeness (QED) is 0.898. The van der Waals surface area contributed by atoms with Gasteiger partial charge < -0.3 is 5.11 Å². The lowest BCUT2D eigenvalue weighted by atomic mass is 9.98. The molecule has 0 radical (unpaired) electrons. The van der Waals surface area contributed by atoms with Gasteiger partial charge in [-0.1, -0.05) is 30.3 Å². The van der Waals surface area contributed by atoms with Crippen LogP contribution in [0.3, 0.4) is 0 Å². The van der Waals surface area contributed by atoms with E-state index in [1.807, 2.05) is 31.2 Å². The summed E-state index contributed by atoms with van der Waals surface area (Å²) in [5, 5.41) is 8.74. The average Bonchev–Trinajstić information content (AvgIpc) is 2.32. The molecule has 0 spiro atoms. The van der Waals surface area contributed by atoms with Crippen LogP contribution in [0.25, 0.3) is 11.1 Å². The smallest absolute Gasteiger partial charge is 0.307 e. The van der Waals surface area contributed by atoms with Crippen LogP contribution in [-0.4, -0.2) is 11.1 Å². The van der Waals surface area contributed by atoms with E-state index >= 15 is 0 Å². The highest BCUT2D eigenvalue weighted by molar-refractivity contribution is 5.73. The van der Waals surface area contributed by atoms with Crippen LogP contribution in [0.15, 0.2) is 42.5 Å². The Kier molecular flexibility index (Phi) is 3.42. The summed E-state index contributed by atoms with van der Waals surface area (Å²) < 4.78 is 13.5. The first kappa shape index (κ1) is 12.3. The zero-order valence-electron chi connectivity index (χ0n) is 9.98. The Morgan fingerprint density at radius 1 is 1.22 bits per heavy atom. The van der Waals surface area contributed by atoms with E-state index in [1.54, 1.807) is 12.1 Å². The van der Waals surface area contributed by atoms with Crippen molar-refractivity contribution in [2.45, 2.75) is 13.3 Å². The van der Waals surface area contributed by atoms with Gasteiger partial charge in [0.2, 0.25) is 0 Å². The van der Waals surface area contributed by atoms with Crippen LogP contribution in [0.1, 0.15) is 11.1 Å². The fourth-order valence-electron chi connectivity index (χ4n) is 1.94. The van der Waals surface area contributed by atoms with Crippen molar-refractivity contribution in [3.05, 3.63) is 59.4 Å². The molecule has 0 aliphatic heterocycles. The predicted molar refractivity (Wildman–Crippen MR) is 67.9 cm³/mol. The zero-order valence-corrected chi connectivity index (χ0v) is 9.98. The van der Waals surface area contributed by atoms with E-state index in [1.165, 1.54) is 6.07 Å². The Morgan fingerprint density at radius 3 is 2.61 bits per heavy atom. The molecule has 2 nitrogen and oxygen atoms in total. The van der Waals surface area contributed by atoms with Gasteiger partial charge in [0.15, 0.2) is 0 Å². The number of hydrogen-bond acceptors (Lipinski definition) is 1. The molecule has 92 valence electrons. The van der Waals surface area contributed by atoms with Crippen LogP contribution >= 0.6 is 0 Å². The molecule has 0 unspecified atom stereocenters. The summed E-state index contributed by atoms with van der Waals surface area (Å²) in [6.45, 7) is 1.97. The summed E-state index contributed by atoms with van der Waals surface area (Å²) in [6.07, 6.45) is -0.300. The van der Waals surface area contributed by atoms with Crippen LogP contribution in [0.5, 0.6) is 0 Å². The van der Waals surface area contributed by atoms with Crippen LogP contribution in [0, 0.1) is 12.7 Å². The second kappa shape index (κ2) is 5.00. The van der Waals surface area contributed by atoms with Crippen molar-refractivity contribution in [3.8, 4) is 11.1 Å². The van der Waals surface area contributed by atoms with Gasteiger partial charge in [-0.15, -0.1) is 0 Å². The Labute approximate surface area is 105 Å². The molecule has 2 rings (SSSR count). The highest BCUT2D eigenvalue weighted by atomic mass is 19.1. The summed E-state index contributed by atoms with van der Waals surface area (Å²) in [7, 11) is 0. The van der Waals surface area contributed by atoms with Crippen molar-refractivity contribution < 1.29 is 14.3 Å². The van der Waals surface area contributed by atoms with Crippen LogP contribution in [-0.2, 0) is 11.2 Å². The zero-order chi connectivity index (χ0) is 13.1. The summed E-state index contributed by atoms with van der Waals surface area (Å²) in [6, 6.07) is 12.3. The average molecular weight is 244 g/mol. The minimum atomic E-state index is -1.03. The molecule has 2 aromatic rings. The second-order valence-electron chi connectivity index (χ2n) is 4.19. The van der Waals surface area contributed by atoms with Crippen molar-refractivity contribution >= 4 is 5.97 Å². The first-order valence-corrected chi connectivity index (χ1v) is 5.64. The molecule has 0 bridgehead atoms. The number of carbonyl (C=O) groups is 1. The lowest BCUT2D eigenvalue weighted by Gasteiger charge is -2.08. The number of carboxylic acid groups (broad SMARTS) is 1. The largest absolute Gasteiger partial charge is 0.481 e. The van der Waals surface area contributed by atoms with E-state index in [9.17, 15) is 9.18 Å². The molecule has 0 aliphatic carbocycles. The molecule has 0 aliphatic rings. The van der Waals surface area contributed by atoms with Crippen molar-refractivity contribution in [2.75, 3.05) is 0 Å². The molecular formula is C15H13FO2. The highest BCUT2D eigenvalue weighted by Crippen LogP contribution is 2.25. The summed E-state index contributed by atoms with van der Waals surface area (Å²) >= 11 is 0. The topological polar surface area (TPSA) is 37.3 Å². The van der Waals surface area contributed by atoms with Gasteiger partial charge in [-0.2, -0.15) is 0 Å². The maximum absolute atomic E-state index is 13.5. The van der Waals surface area contributed by atoms with Gasteiger partial charge in [-0.25, -0.2) is 4.39 Å². The monoisotopic (exact) mass is 244 g/mol. The van der Waals surface area contributed by atoms with Gasteiger partial charge in [0.05, 0.1) is 6.42 Å². The number of aryl methyl sites for hydroxylation is 1. The van der Waals surface area contributed by atoms with Gasteiger partial charge in [0.25, 0.3) is 0 Å². The Bertz CT molecular complexity index is 591. The molecule has 0 amide bonds. The highest BCUT2D eigenvalue weighted by Gasteiger charge is 2.09. The number of hydrogen-bond donors (Lipinski definition) is 1. The lowest BCUT2D eigenvalue weighted by molar-refractivity contribution is -0.136. The van der Waals surface area contributed by atoms with Gasteiger partial charge in [0.1, 0.15) is 5.82 Å². The fraction of sp³-hybridized carbons (Fsp3) is 0.133. The molecule has 0 aromatic heterocycles. The molecule has 0 saturated heterocycles. The maximum atomic E-state index is 13.5. The normalized spacial score (nSPS) is 10.3. The van der Waals surface area contributed by atoms with Gasteiger partial charge >= 0.3 is 5.97 Å². The SMILES string of the molecule is Cc1ccccc1-c1ccc(F)c(CC(=O)O)c1. The lowest BCUT2D eigenvalue weighted by Crippen LogP contribution is -2.02. The van der Waals surface area contributed by atoms with E-state index in [-0.39, 0.29) is 12.0 Å². The van der Waals surface area contributed by atoms with E-state index in [0.717, 1.165) is 16.7 Å². The number of aliphatic carboxylic acids is 1. The summed E-state index contributed by atoms with van der Waals surface area (Å²) in [4.78, 5) is 10.7. The molecule has 0 saturated carbocycles. The third kappa shape index (κ3) is 2.56. The van der Waals surface area contributed by atoms with E-state index in [4.69, 9.17) is 5.11 Å². The number of carboxylic acids is 1. The Balaban J connectivity index is 2.47. The summed E-state index contributed by atoms with van der Waals surface area (Å²) in [5.41, 5.74) is 3.11. The predicted octanol–water partition coefficient (Wildman–Crippen LogP) is 3.43. The van der Waals surface area contributed by atoms with Crippen LogP contribution in [0.2, 0.25) is 0 Å². The van der Waals surface area contributed by atoms with E-state index in [2.05, 4.69) is 0 Å². The van der Waals surface area contributed by atoms with Crippen molar-refractivity contribution in [1.82, 2.24) is 0 Å². The molecule has 18 heavy (non-hydrogen) atoms. The number of benzene rings is 2. The van der Waals surface area contributed by atoms with Gasteiger partial charge in [0, 0.05) is 0 Å². The van der Waals surface area contributed by atoms with Gasteiger partial charge in [-0.05, 0) is 41.3 Å². The van der Waals surface area contributed by atoms with E-state index < -0.39 is 11.8 Å². The Morgan fingerprint density at radius 2 is 1.94 bits per heavy atom. The summed E-state index contributed by atoms with van der Waals surface area (Å²) in [5.74, 6) is -1.51. The number of halogens is 1. The van der Waals surface area contributed by atoms with Crippen LogP contribution in [0.4, 0.5) is 4.39 Å². The molecule has 0 fully saturated rings. The number of rotatable bonds is 3. The third-order valence-corrected chi connectivity index (χ3v) is 2.84. The molecule has 2 aromatic carbocycles. The molecule has 1 N–H and O–H groups in total. The van der Waals surface area contributed by atoms with E-state index in [0.29, 0.717) is 0 Å². The fourth-order valence-corrected chi connectivity index (χ4v) is 1.94. The van der Waals surface area contributed by atoms with Gasteiger partial charge in [-0.3, -0.25) is 4.79 Å². The van der Waals surface area contributed by atoms with Crippen molar-refractivity contribution in [3.63, 3.8) is 0 Å². The minimum Gasteiger partial charge on any atom is -0.481 e. The molecular weight excluding hydrogens is 231 g/mol. The Hall–Kier alpha value is -2.16. The van der Waals surface area contributed by atoms with Crippen molar-refractivity contribution in [1.29, 1.82) is 0 Å².